The van der Waals surface area contributed by atoms with Gasteiger partial charge in [-0.3, -0.25) is 9.98 Å². The van der Waals surface area contributed by atoms with E-state index >= 15 is 0 Å². The maximum atomic E-state index is 10.5. The van der Waals surface area contributed by atoms with Crippen molar-refractivity contribution in [2.75, 3.05) is 0 Å². The summed E-state index contributed by atoms with van der Waals surface area (Å²) in [5.74, 6) is 1.48. The van der Waals surface area contributed by atoms with Crippen LogP contribution in [0.2, 0.25) is 0 Å². The molecule has 0 fully saturated rings. The number of para-hydroxylation sites is 4. The first kappa shape index (κ1) is 40.5. The maximum absolute atomic E-state index is 10.5. The molecule has 0 atom stereocenters. The molecule has 0 radical (unpaired) electrons. The summed E-state index contributed by atoms with van der Waals surface area (Å²) in [7, 11) is 9.87. The minimum absolute atomic E-state index is 0.0935. The van der Waals surface area contributed by atoms with Crippen molar-refractivity contribution in [3.05, 3.63) is 118 Å². The molecular weight excluding hydrogens is 703 g/mol. The van der Waals surface area contributed by atoms with Crippen molar-refractivity contribution in [2.24, 2.45) is 9.98 Å². The number of phenols is 2. The van der Waals surface area contributed by atoms with Crippen molar-refractivity contribution >= 4 is 40.8 Å². The summed E-state index contributed by atoms with van der Waals surface area (Å²) >= 11 is -0.826. The van der Waals surface area contributed by atoms with Crippen molar-refractivity contribution in [3.63, 3.8) is 0 Å². The number of hydrogen-bond acceptors (Lipinski definition) is 4. The van der Waals surface area contributed by atoms with E-state index in [2.05, 4.69) is 91.4 Å². The van der Waals surface area contributed by atoms with Crippen LogP contribution in [0.1, 0.15) is 114 Å². The second kappa shape index (κ2) is 18.7. The molecule has 0 spiro atoms. The van der Waals surface area contributed by atoms with Crippen molar-refractivity contribution in [3.8, 4) is 11.5 Å². The molecule has 4 aromatic rings. The van der Waals surface area contributed by atoms with Crippen LogP contribution in [0.25, 0.3) is 0 Å². The fourth-order valence-corrected chi connectivity index (χ4v) is 5.01. The van der Waals surface area contributed by atoms with E-state index in [1.165, 1.54) is 11.1 Å². The van der Waals surface area contributed by atoms with Gasteiger partial charge in [-0.05, 0) is 69.2 Å². The Bertz CT molecular complexity index is 1510. The van der Waals surface area contributed by atoms with Crippen LogP contribution >= 0.6 is 17.0 Å². The molecule has 0 amide bonds. The number of hydrogen-bond donors (Lipinski definition) is 2. The van der Waals surface area contributed by atoms with Gasteiger partial charge in [0, 0.05) is 23.6 Å². The van der Waals surface area contributed by atoms with Crippen LogP contribution in [0.4, 0.5) is 11.4 Å². The Hall–Kier alpha value is -2.72. The summed E-state index contributed by atoms with van der Waals surface area (Å²) in [6, 6.07) is 27.9. The first-order valence-electron chi connectivity index (χ1n) is 15.9. The molecule has 0 saturated heterocycles. The fraction of sp³-hybridized carbons (Fsp3) is 0.350. The molecule has 4 nitrogen and oxygen atoms in total. The number of nitrogens with zero attached hydrogens (tertiary/aromatic N) is 2. The van der Waals surface area contributed by atoms with Crippen LogP contribution in [0.5, 0.6) is 11.5 Å². The van der Waals surface area contributed by atoms with E-state index in [9.17, 15) is 10.2 Å². The third-order valence-electron chi connectivity index (χ3n) is 7.55. The Balaban J connectivity index is 0.000000302. The molecule has 7 heteroatoms. The first-order chi connectivity index (χ1) is 22.0. The zero-order valence-electron chi connectivity index (χ0n) is 29.4. The Kier molecular flexibility index (Phi) is 16.1. The Morgan fingerprint density at radius 1 is 0.553 bits per heavy atom. The second-order valence-corrected chi connectivity index (χ2v) is 17.7. The monoisotopic (exact) mass is 750 g/mol. The molecule has 0 aliphatic rings. The zero-order valence-corrected chi connectivity index (χ0v) is 33.4. The van der Waals surface area contributed by atoms with Gasteiger partial charge < -0.3 is 10.2 Å². The Morgan fingerprint density at radius 2 is 0.872 bits per heavy atom. The molecule has 4 rings (SSSR count). The quantitative estimate of drug-likeness (QED) is 0.193. The van der Waals surface area contributed by atoms with E-state index in [-0.39, 0.29) is 10.8 Å². The Labute approximate surface area is 301 Å². The van der Waals surface area contributed by atoms with Gasteiger partial charge in [0.05, 0.1) is 11.4 Å². The number of benzene rings is 4. The van der Waals surface area contributed by atoms with Gasteiger partial charge in [-0.2, -0.15) is 0 Å². The third kappa shape index (κ3) is 12.4. The molecule has 2 N–H and O–H groups in total. The van der Waals surface area contributed by atoms with Gasteiger partial charge in [0.1, 0.15) is 11.5 Å². The van der Waals surface area contributed by atoms with Crippen LogP contribution < -0.4 is 0 Å². The average molecular weight is 753 g/mol. The second-order valence-electron chi connectivity index (χ2n) is 14.0. The topological polar surface area (TPSA) is 65.2 Å². The summed E-state index contributed by atoms with van der Waals surface area (Å²) in [5.41, 5.74) is 7.54. The molecule has 4 aromatic carbocycles. The number of halogens is 2. The Morgan fingerprint density at radius 3 is 1.17 bits per heavy atom. The molecule has 0 heterocycles. The van der Waals surface area contributed by atoms with E-state index in [1.54, 1.807) is 12.4 Å². The van der Waals surface area contributed by atoms with Crippen molar-refractivity contribution < 1.29 is 31.1 Å². The number of phenolic OH excluding ortho intramolecular Hbond substituents is 2. The van der Waals surface area contributed by atoms with Crippen molar-refractivity contribution in [1.82, 2.24) is 0 Å². The van der Waals surface area contributed by atoms with Crippen LogP contribution in [-0.4, -0.2) is 22.6 Å². The first-order valence-corrected chi connectivity index (χ1v) is 22.2. The van der Waals surface area contributed by atoms with Crippen LogP contribution in [0.15, 0.2) is 94.9 Å². The van der Waals surface area contributed by atoms with Gasteiger partial charge in [-0.1, -0.05) is 130 Å². The minimum atomic E-state index is -0.826. The molecular formula is C40H50Cl2N2O2Zr. The van der Waals surface area contributed by atoms with E-state index < -0.39 is 20.8 Å². The number of aromatic hydroxyl groups is 2. The van der Waals surface area contributed by atoms with Gasteiger partial charge in [0.25, 0.3) is 0 Å². The molecule has 0 unspecified atom stereocenters. The van der Waals surface area contributed by atoms with Gasteiger partial charge in [-0.15, -0.1) is 0 Å². The summed E-state index contributed by atoms with van der Waals surface area (Å²) in [5, 5.41) is 21.0. The van der Waals surface area contributed by atoms with Crippen molar-refractivity contribution in [2.45, 2.75) is 91.9 Å². The van der Waals surface area contributed by atoms with Crippen LogP contribution in [0, 0.1) is 0 Å². The zero-order chi connectivity index (χ0) is 35.4. The molecule has 0 aromatic heterocycles. The summed E-state index contributed by atoms with van der Waals surface area (Å²) in [6.45, 7) is 21.2. The van der Waals surface area contributed by atoms with Gasteiger partial charge in [0.15, 0.2) is 0 Å². The molecule has 0 aliphatic carbocycles. The fourth-order valence-electron chi connectivity index (χ4n) is 5.01. The normalized spacial score (nSPS) is 11.8. The standard InChI is InChI=1S/2C20H25NO.2ClH.Zr/c2*1-14(2)16-10-6-7-12-18(16)21-13-15-9-8-11-17(19(15)22)20(3,4)5;;;/h2*6-14,22H,1-5H3;2*1H;/q;;;;+2/p-2. The van der Waals surface area contributed by atoms with Gasteiger partial charge >= 0.3 is 37.9 Å². The average Bonchev–Trinajstić information content (AvgIpc) is 3.00. The van der Waals surface area contributed by atoms with Crippen molar-refractivity contribution in [1.29, 1.82) is 0 Å². The summed E-state index contributed by atoms with van der Waals surface area (Å²) < 4.78 is 0. The third-order valence-corrected chi connectivity index (χ3v) is 7.55. The summed E-state index contributed by atoms with van der Waals surface area (Å²) in [4.78, 5) is 9.19. The summed E-state index contributed by atoms with van der Waals surface area (Å²) in [6.07, 6.45) is 3.51. The predicted octanol–water partition coefficient (Wildman–Crippen LogP) is 12.5. The number of rotatable bonds is 6. The SMILES string of the molecule is CC(C)c1ccccc1N=Cc1cccc(C(C)(C)C)c1O.CC(C)c1ccccc1N=Cc1cccc(C(C)(C)C)c1O.[Cl][Zr][Cl]. The molecule has 0 aliphatic heterocycles. The van der Waals surface area contributed by atoms with E-state index in [1.807, 2.05) is 72.8 Å². The van der Waals surface area contributed by atoms with Gasteiger partial charge in [-0.25, -0.2) is 0 Å². The molecule has 0 saturated carbocycles. The van der Waals surface area contributed by atoms with E-state index in [0.717, 1.165) is 33.6 Å². The molecule has 0 bridgehead atoms. The molecule has 47 heavy (non-hydrogen) atoms. The number of aliphatic imine (C=N–C) groups is 2. The van der Waals surface area contributed by atoms with Crippen LogP contribution in [-0.2, 0) is 31.7 Å². The molecule has 250 valence electrons. The van der Waals surface area contributed by atoms with Gasteiger partial charge in [0.2, 0.25) is 0 Å². The van der Waals surface area contributed by atoms with E-state index in [0.29, 0.717) is 23.3 Å². The van der Waals surface area contributed by atoms with E-state index in [4.69, 9.17) is 17.0 Å². The van der Waals surface area contributed by atoms with Crippen LogP contribution in [0.3, 0.4) is 0 Å². The predicted molar refractivity (Wildman–Crippen MR) is 201 cm³/mol.